The smallest absolute Gasteiger partial charge is 0.477 e. The lowest BCUT2D eigenvalue weighted by molar-refractivity contribution is -0.0502. The fraction of sp³-hybridized carbons (Fsp3) is 0.333. The SMILES string of the molecule is CC(C)(C)c1cccc(CCOc2nc(OS(=O)(=O)C(F)(F)F)nc3ccccc23)c1. The minimum Gasteiger partial charge on any atom is -0.477 e. The number of hydrogen-bond acceptors (Lipinski definition) is 6. The number of hydrogen-bond donors (Lipinski definition) is 0. The fourth-order valence-corrected chi connectivity index (χ4v) is 3.14. The summed E-state index contributed by atoms with van der Waals surface area (Å²) in [4.78, 5) is 7.50. The molecule has 0 fully saturated rings. The molecule has 1 heterocycles. The van der Waals surface area contributed by atoms with Gasteiger partial charge < -0.3 is 8.92 Å². The van der Waals surface area contributed by atoms with Gasteiger partial charge in [0.05, 0.1) is 17.5 Å². The summed E-state index contributed by atoms with van der Waals surface area (Å²) in [5.74, 6) is -0.0649. The van der Waals surface area contributed by atoms with E-state index in [1.165, 1.54) is 6.07 Å². The van der Waals surface area contributed by atoms with Gasteiger partial charge in [-0.15, -0.1) is 0 Å². The molecular formula is C21H21F3N2O4S. The van der Waals surface area contributed by atoms with Gasteiger partial charge in [-0.1, -0.05) is 57.2 Å². The summed E-state index contributed by atoms with van der Waals surface area (Å²) in [5.41, 5.74) is -3.25. The molecule has 0 atom stereocenters. The Balaban J connectivity index is 1.83. The standard InChI is InChI=1S/C21H21F3N2O4S/c1-20(2,3)15-8-6-7-14(13-15)11-12-29-18-16-9-4-5-10-17(16)25-19(26-18)30-31(27,28)21(22,23)24/h4-10,13H,11-12H2,1-3H3. The van der Waals surface area contributed by atoms with Gasteiger partial charge in [-0.05, 0) is 28.7 Å². The maximum Gasteiger partial charge on any atom is 0.534 e. The third kappa shape index (κ3) is 5.43. The first-order valence-corrected chi connectivity index (χ1v) is 10.8. The van der Waals surface area contributed by atoms with E-state index in [0.717, 1.165) is 11.1 Å². The van der Waals surface area contributed by atoms with Crippen molar-refractivity contribution in [2.24, 2.45) is 0 Å². The zero-order valence-corrected chi connectivity index (χ0v) is 17.9. The molecule has 1 aromatic heterocycles. The molecule has 0 aliphatic carbocycles. The van der Waals surface area contributed by atoms with Crippen LogP contribution in [0.5, 0.6) is 11.9 Å². The molecule has 0 spiro atoms. The molecule has 0 amide bonds. The highest BCUT2D eigenvalue weighted by molar-refractivity contribution is 7.87. The van der Waals surface area contributed by atoms with Crippen LogP contribution in [0.2, 0.25) is 0 Å². The number of rotatable bonds is 6. The monoisotopic (exact) mass is 454 g/mol. The highest BCUT2D eigenvalue weighted by atomic mass is 32.2. The van der Waals surface area contributed by atoms with E-state index >= 15 is 0 Å². The average Bonchev–Trinajstić information content (AvgIpc) is 2.66. The first kappa shape index (κ1) is 22.8. The molecule has 0 radical (unpaired) electrons. The predicted octanol–water partition coefficient (Wildman–Crippen LogP) is 4.78. The van der Waals surface area contributed by atoms with Gasteiger partial charge in [-0.2, -0.15) is 31.6 Å². The van der Waals surface area contributed by atoms with Crippen LogP contribution < -0.4 is 8.92 Å². The molecule has 0 bridgehead atoms. The van der Waals surface area contributed by atoms with Crippen LogP contribution in [-0.4, -0.2) is 30.5 Å². The van der Waals surface area contributed by atoms with E-state index in [9.17, 15) is 21.6 Å². The second kappa shape index (κ2) is 8.33. The van der Waals surface area contributed by atoms with Gasteiger partial charge in [0.25, 0.3) is 0 Å². The lowest BCUT2D eigenvalue weighted by Crippen LogP contribution is -2.28. The Morgan fingerprint density at radius 3 is 2.35 bits per heavy atom. The molecule has 0 saturated heterocycles. The maximum absolute atomic E-state index is 12.6. The second-order valence-electron chi connectivity index (χ2n) is 7.86. The van der Waals surface area contributed by atoms with Gasteiger partial charge in [-0.25, -0.2) is 0 Å². The highest BCUT2D eigenvalue weighted by Gasteiger charge is 2.49. The normalized spacial score (nSPS) is 12.7. The predicted molar refractivity (Wildman–Crippen MR) is 109 cm³/mol. The van der Waals surface area contributed by atoms with Gasteiger partial charge in [0, 0.05) is 6.42 Å². The lowest BCUT2D eigenvalue weighted by Gasteiger charge is -2.19. The molecule has 3 rings (SSSR count). The molecular weight excluding hydrogens is 433 g/mol. The molecule has 2 aromatic carbocycles. The van der Waals surface area contributed by atoms with Gasteiger partial charge >= 0.3 is 21.6 Å². The van der Waals surface area contributed by atoms with Gasteiger partial charge in [0.1, 0.15) is 0 Å². The van der Waals surface area contributed by atoms with Crippen molar-refractivity contribution in [3.63, 3.8) is 0 Å². The van der Waals surface area contributed by atoms with Crippen molar-refractivity contribution in [1.29, 1.82) is 0 Å². The maximum atomic E-state index is 12.6. The second-order valence-corrected chi connectivity index (χ2v) is 9.40. The van der Waals surface area contributed by atoms with Crippen LogP contribution in [-0.2, 0) is 22.0 Å². The topological polar surface area (TPSA) is 78.4 Å². The van der Waals surface area contributed by atoms with Crippen molar-refractivity contribution in [3.05, 3.63) is 59.7 Å². The molecule has 0 aliphatic rings. The first-order valence-electron chi connectivity index (χ1n) is 9.36. The first-order chi connectivity index (χ1) is 14.4. The van der Waals surface area contributed by atoms with Gasteiger partial charge in [0.2, 0.25) is 5.88 Å². The van der Waals surface area contributed by atoms with Crippen molar-refractivity contribution in [2.45, 2.75) is 38.1 Å². The number of para-hydroxylation sites is 1. The van der Waals surface area contributed by atoms with Crippen molar-refractivity contribution in [1.82, 2.24) is 9.97 Å². The molecule has 31 heavy (non-hydrogen) atoms. The Kier molecular flexibility index (Phi) is 6.13. The number of halogens is 3. The minimum atomic E-state index is -5.90. The number of benzene rings is 2. The highest BCUT2D eigenvalue weighted by Crippen LogP contribution is 2.29. The van der Waals surface area contributed by atoms with Crippen LogP contribution in [0.3, 0.4) is 0 Å². The van der Waals surface area contributed by atoms with Crippen LogP contribution in [0.25, 0.3) is 10.9 Å². The van der Waals surface area contributed by atoms with E-state index in [2.05, 4.69) is 41.0 Å². The molecule has 0 saturated carbocycles. The van der Waals surface area contributed by atoms with E-state index in [4.69, 9.17) is 4.74 Å². The Labute approximate surface area is 178 Å². The number of fused-ring (bicyclic) bond motifs is 1. The fourth-order valence-electron chi connectivity index (χ4n) is 2.78. The van der Waals surface area contributed by atoms with Gasteiger partial charge in [-0.3, -0.25) is 0 Å². The summed E-state index contributed by atoms with van der Waals surface area (Å²) in [6, 6.07) is 13.4. The number of ether oxygens (including phenoxy) is 1. The third-order valence-corrected chi connectivity index (χ3v) is 5.37. The Bertz CT molecular complexity index is 1190. The van der Waals surface area contributed by atoms with E-state index in [0.29, 0.717) is 11.8 Å². The van der Waals surface area contributed by atoms with Crippen LogP contribution in [0.15, 0.2) is 48.5 Å². The molecule has 166 valence electrons. The summed E-state index contributed by atoms with van der Waals surface area (Å²) in [6.07, 6.45) is 0.513. The van der Waals surface area contributed by atoms with Crippen LogP contribution >= 0.6 is 0 Å². The summed E-state index contributed by atoms with van der Waals surface area (Å²) in [7, 11) is -5.90. The minimum absolute atomic E-state index is 0.0179. The van der Waals surface area contributed by atoms with Crippen molar-refractivity contribution in [3.8, 4) is 11.9 Å². The Hall–Kier alpha value is -2.88. The third-order valence-electron chi connectivity index (χ3n) is 4.44. The summed E-state index contributed by atoms with van der Waals surface area (Å²) >= 11 is 0. The van der Waals surface area contributed by atoms with Crippen LogP contribution in [0.1, 0.15) is 31.9 Å². The quantitative estimate of drug-likeness (QED) is 0.394. The zero-order chi connectivity index (χ0) is 22.9. The van der Waals surface area contributed by atoms with Crippen molar-refractivity contribution in [2.75, 3.05) is 6.61 Å². The Morgan fingerprint density at radius 1 is 0.968 bits per heavy atom. The van der Waals surface area contributed by atoms with Crippen LogP contribution in [0.4, 0.5) is 13.2 Å². The van der Waals surface area contributed by atoms with Crippen molar-refractivity contribution >= 4 is 21.0 Å². The molecule has 10 heteroatoms. The number of aromatic nitrogens is 2. The molecule has 6 nitrogen and oxygen atoms in total. The average molecular weight is 454 g/mol. The summed E-state index contributed by atoms with van der Waals surface area (Å²) in [6.45, 7) is 6.48. The lowest BCUT2D eigenvalue weighted by atomic mass is 9.86. The molecule has 0 N–H and O–H groups in total. The van der Waals surface area contributed by atoms with E-state index in [-0.39, 0.29) is 23.4 Å². The van der Waals surface area contributed by atoms with E-state index in [1.807, 2.05) is 18.2 Å². The Morgan fingerprint density at radius 2 is 1.68 bits per heavy atom. The molecule has 0 aliphatic heterocycles. The van der Waals surface area contributed by atoms with Crippen LogP contribution in [0, 0.1) is 0 Å². The summed E-state index contributed by atoms with van der Waals surface area (Å²) < 4.78 is 70.3. The van der Waals surface area contributed by atoms with Crippen molar-refractivity contribution < 1.29 is 30.5 Å². The number of nitrogens with zero attached hydrogens (tertiary/aromatic N) is 2. The van der Waals surface area contributed by atoms with E-state index in [1.54, 1.807) is 18.2 Å². The van der Waals surface area contributed by atoms with E-state index < -0.39 is 21.6 Å². The molecule has 0 unspecified atom stereocenters. The largest absolute Gasteiger partial charge is 0.534 e. The van der Waals surface area contributed by atoms with Gasteiger partial charge in [0.15, 0.2) is 0 Å². The summed E-state index contributed by atoms with van der Waals surface area (Å²) in [5, 5.41) is 0.419. The molecule has 3 aromatic rings. The zero-order valence-electron chi connectivity index (χ0n) is 17.1. The number of alkyl halides is 3.